The topological polar surface area (TPSA) is 83.2 Å². The Morgan fingerprint density at radius 3 is 2.64 bits per heavy atom. The molecule has 5 rings (SSSR count). The van der Waals surface area contributed by atoms with Gasteiger partial charge in [0.1, 0.15) is 0 Å². The molecule has 2 aromatic carbocycles. The second-order valence-corrected chi connectivity index (χ2v) is 10.1. The number of likely N-dealkylation sites (tertiary alicyclic amines) is 1. The number of carbonyl (C=O) groups is 1. The standard InChI is InChI=1S/C28H29F4N5O2/c1-36-15-21(26(35-36)28(30,31)32)19-10-16(14-37-9-3-4-24(37)33)11-20(12-19)27(38)34-25(17-5-6-17)18-7-8-22(29)23(13-18)39-2/h7-8,10-13,15,17,25,33H,3-6,9,14H2,1-2H3,(H,34,38)/t25-/m0/s1. The fourth-order valence-corrected chi connectivity index (χ4v) is 5.10. The van der Waals surface area contributed by atoms with Crippen LogP contribution in [0.2, 0.25) is 0 Å². The lowest BCUT2D eigenvalue weighted by atomic mass is 9.97. The zero-order valence-corrected chi connectivity index (χ0v) is 21.6. The predicted molar refractivity (Wildman–Crippen MR) is 137 cm³/mol. The van der Waals surface area contributed by atoms with Crippen molar-refractivity contribution in [3.8, 4) is 16.9 Å². The number of aromatic nitrogens is 2. The maximum atomic E-state index is 14.0. The van der Waals surface area contributed by atoms with Gasteiger partial charge in [0.15, 0.2) is 17.3 Å². The first-order valence-electron chi connectivity index (χ1n) is 12.8. The second-order valence-electron chi connectivity index (χ2n) is 10.1. The minimum absolute atomic E-state index is 0.0704. The van der Waals surface area contributed by atoms with Crippen molar-refractivity contribution in [2.75, 3.05) is 13.7 Å². The third-order valence-electron chi connectivity index (χ3n) is 7.17. The number of amidine groups is 1. The number of aryl methyl sites for hydroxylation is 1. The number of amides is 1. The molecule has 0 bridgehead atoms. The van der Waals surface area contributed by atoms with Crippen molar-refractivity contribution in [2.24, 2.45) is 13.0 Å². The maximum Gasteiger partial charge on any atom is 0.435 e. The number of alkyl halides is 3. The molecule has 39 heavy (non-hydrogen) atoms. The highest BCUT2D eigenvalue weighted by molar-refractivity contribution is 5.96. The summed E-state index contributed by atoms with van der Waals surface area (Å²) < 4.78 is 61.6. The van der Waals surface area contributed by atoms with Crippen molar-refractivity contribution < 1.29 is 27.1 Å². The first kappa shape index (κ1) is 26.7. The molecule has 1 aliphatic carbocycles. The predicted octanol–water partition coefficient (Wildman–Crippen LogP) is 5.71. The van der Waals surface area contributed by atoms with Gasteiger partial charge in [0.2, 0.25) is 0 Å². The van der Waals surface area contributed by atoms with E-state index < -0.39 is 29.6 Å². The van der Waals surface area contributed by atoms with Crippen LogP contribution in [0.15, 0.2) is 42.6 Å². The molecule has 1 saturated carbocycles. The molecule has 1 aliphatic heterocycles. The van der Waals surface area contributed by atoms with Crippen LogP contribution in [0.5, 0.6) is 5.75 Å². The van der Waals surface area contributed by atoms with Crippen LogP contribution in [0.3, 0.4) is 0 Å². The third-order valence-corrected chi connectivity index (χ3v) is 7.17. The molecule has 2 heterocycles. The maximum absolute atomic E-state index is 14.0. The number of hydrogen-bond donors (Lipinski definition) is 2. The van der Waals surface area contributed by atoms with Gasteiger partial charge in [-0.1, -0.05) is 6.07 Å². The molecule has 0 unspecified atom stereocenters. The van der Waals surface area contributed by atoms with E-state index in [1.807, 2.05) is 4.90 Å². The average Bonchev–Trinajstić information content (AvgIpc) is 3.53. The number of rotatable bonds is 8. The van der Waals surface area contributed by atoms with Crippen LogP contribution < -0.4 is 10.1 Å². The van der Waals surface area contributed by atoms with Crippen LogP contribution in [-0.2, 0) is 19.8 Å². The fraction of sp³-hybridized carbons (Fsp3) is 0.393. The number of nitrogens with one attached hydrogen (secondary N) is 2. The molecule has 0 radical (unpaired) electrons. The number of nitrogens with zero attached hydrogens (tertiary/aromatic N) is 3. The van der Waals surface area contributed by atoms with Gasteiger partial charge >= 0.3 is 6.18 Å². The Bertz CT molecular complexity index is 1410. The lowest BCUT2D eigenvalue weighted by Gasteiger charge is -2.21. The Morgan fingerprint density at radius 1 is 1.23 bits per heavy atom. The van der Waals surface area contributed by atoms with Crippen molar-refractivity contribution in [2.45, 2.75) is 44.4 Å². The minimum atomic E-state index is -4.68. The zero-order chi connectivity index (χ0) is 27.9. The molecule has 1 amide bonds. The summed E-state index contributed by atoms with van der Waals surface area (Å²) in [6, 6.07) is 8.77. The molecule has 2 aliphatic rings. The van der Waals surface area contributed by atoms with Crippen molar-refractivity contribution in [1.82, 2.24) is 20.0 Å². The van der Waals surface area contributed by atoms with Gasteiger partial charge in [-0.2, -0.15) is 18.3 Å². The molecule has 2 N–H and O–H groups in total. The largest absolute Gasteiger partial charge is 0.494 e. The van der Waals surface area contributed by atoms with E-state index in [1.165, 1.54) is 32.5 Å². The summed E-state index contributed by atoms with van der Waals surface area (Å²) in [5.74, 6) is -0.271. The lowest BCUT2D eigenvalue weighted by Crippen LogP contribution is -2.30. The molecule has 1 saturated heterocycles. The van der Waals surface area contributed by atoms with Crippen LogP contribution >= 0.6 is 0 Å². The van der Waals surface area contributed by atoms with Gasteiger partial charge in [-0.25, -0.2) is 4.39 Å². The van der Waals surface area contributed by atoms with Crippen molar-refractivity contribution >= 4 is 11.7 Å². The summed E-state index contributed by atoms with van der Waals surface area (Å²) in [7, 11) is 2.78. The highest BCUT2D eigenvalue weighted by Crippen LogP contribution is 2.42. The molecule has 1 aromatic heterocycles. The third kappa shape index (κ3) is 5.76. The van der Waals surface area contributed by atoms with E-state index in [2.05, 4.69) is 10.4 Å². The van der Waals surface area contributed by atoms with Gasteiger partial charge in [-0.05, 0) is 72.2 Å². The highest BCUT2D eigenvalue weighted by atomic mass is 19.4. The van der Waals surface area contributed by atoms with Gasteiger partial charge in [0, 0.05) is 43.9 Å². The number of carbonyl (C=O) groups excluding carboxylic acids is 1. The molecule has 0 spiro atoms. The van der Waals surface area contributed by atoms with E-state index in [4.69, 9.17) is 10.1 Å². The van der Waals surface area contributed by atoms with Crippen molar-refractivity contribution in [3.05, 3.63) is 70.8 Å². The Balaban J connectivity index is 1.52. The van der Waals surface area contributed by atoms with E-state index in [-0.39, 0.29) is 28.4 Å². The number of ether oxygens (including phenoxy) is 1. The molecule has 7 nitrogen and oxygen atoms in total. The zero-order valence-electron chi connectivity index (χ0n) is 21.6. The number of methoxy groups -OCH3 is 1. The Labute approximate surface area is 223 Å². The average molecular weight is 544 g/mol. The molecule has 1 atom stereocenters. The monoisotopic (exact) mass is 543 g/mol. The normalized spacial score (nSPS) is 16.5. The molecule has 3 aromatic rings. The smallest absolute Gasteiger partial charge is 0.435 e. The van der Waals surface area contributed by atoms with Crippen LogP contribution in [-0.4, -0.2) is 40.1 Å². The van der Waals surface area contributed by atoms with E-state index in [0.29, 0.717) is 36.5 Å². The quantitative estimate of drug-likeness (QED) is 0.357. The summed E-state index contributed by atoms with van der Waals surface area (Å²) in [6.45, 7) is 0.969. The molecule has 11 heteroatoms. The first-order chi connectivity index (χ1) is 18.5. The minimum Gasteiger partial charge on any atom is -0.494 e. The van der Waals surface area contributed by atoms with Gasteiger partial charge in [0.25, 0.3) is 5.91 Å². The molecule has 206 valence electrons. The Hall–Kier alpha value is -3.89. The van der Waals surface area contributed by atoms with Crippen LogP contribution in [0.1, 0.15) is 58.9 Å². The van der Waals surface area contributed by atoms with Crippen molar-refractivity contribution in [3.63, 3.8) is 0 Å². The van der Waals surface area contributed by atoms with Gasteiger partial charge < -0.3 is 15.0 Å². The SMILES string of the molecule is COc1cc([C@@H](NC(=O)c2cc(CN3CCCC3=N)cc(-c3cn(C)nc3C(F)(F)F)c2)C2CC2)ccc1F. The second kappa shape index (κ2) is 10.3. The van der Waals surface area contributed by atoms with E-state index in [0.717, 1.165) is 23.9 Å². The summed E-state index contributed by atoms with van der Waals surface area (Å²) in [4.78, 5) is 15.4. The lowest BCUT2D eigenvalue weighted by molar-refractivity contribution is -0.140. The molecular weight excluding hydrogens is 514 g/mol. The Kier molecular flexibility index (Phi) is 7.09. The summed E-state index contributed by atoms with van der Waals surface area (Å²) in [5.41, 5.74) is 0.571. The van der Waals surface area contributed by atoms with E-state index in [1.54, 1.807) is 24.3 Å². The van der Waals surface area contributed by atoms with Gasteiger partial charge in [-0.15, -0.1) is 0 Å². The molecule has 2 fully saturated rings. The number of halogens is 4. The first-order valence-corrected chi connectivity index (χ1v) is 12.8. The number of hydrogen-bond acceptors (Lipinski definition) is 4. The summed E-state index contributed by atoms with van der Waals surface area (Å²) >= 11 is 0. The fourth-order valence-electron chi connectivity index (χ4n) is 5.10. The Morgan fingerprint density at radius 2 is 2.00 bits per heavy atom. The van der Waals surface area contributed by atoms with Crippen LogP contribution in [0.25, 0.3) is 11.1 Å². The van der Waals surface area contributed by atoms with E-state index >= 15 is 0 Å². The van der Waals surface area contributed by atoms with Gasteiger partial charge in [0.05, 0.1) is 19.0 Å². The van der Waals surface area contributed by atoms with Gasteiger partial charge in [-0.3, -0.25) is 14.9 Å². The van der Waals surface area contributed by atoms with Crippen LogP contribution in [0, 0.1) is 17.1 Å². The molecular formula is C28H29F4N5O2. The van der Waals surface area contributed by atoms with Crippen molar-refractivity contribution in [1.29, 1.82) is 5.41 Å². The summed E-state index contributed by atoms with van der Waals surface area (Å²) in [5, 5.41) is 14.8. The summed E-state index contributed by atoms with van der Waals surface area (Å²) in [6.07, 6.45) is -0.145. The van der Waals surface area contributed by atoms with E-state index in [9.17, 15) is 22.4 Å². The van der Waals surface area contributed by atoms with Crippen LogP contribution in [0.4, 0.5) is 17.6 Å². The number of benzene rings is 2. The highest BCUT2D eigenvalue weighted by Gasteiger charge is 2.38.